The van der Waals surface area contributed by atoms with E-state index in [1.54, 1.807) is 0 Å². The molecule has 0 atom stereocenters. The molecule has 7 heteroatoms. The molecule has 0 saturated carbocycles. The highest BCUT2D eigenvalue weighted by Gasteiger charge is 2.15. The zero-order valence-electron chi connectivity index (χ0n) is 18.8. The van der Waals surface area contributed by atoms with Crippen molar-refractivity contribution in [2.24, 2.45) is 0 Å². The van der Waals surface area contributed by atoms with E-state index in [0.717, 1.165) is 44.9 Å². The van der Waals surface area contributed by atoms with Gasteiger partial charge in [-0.3, -0.25) is 0 Å². The third-order valence-electron chi connectivity index (χ3n) is 5.64. The number of imidazole rings is 1. The second kappa shape index (κ2) is 8.67. The molecule has 0 saturated heterocycles. The van der Waals surface area contributed by atoms with Crippen LogP contribution < -0.4 is 0 Å². The van der Waals surface area contributed by atoms with Crippen LogP contribution in [0.2, 0.25) is 0 Å². The number of fused-ring (bicyclic) bond motifs is 1. The van der Waals surface area contributed by atoms with Gasteiger partial charge in [-0.25, -0.2) is 9.97 Å². The van der Waals surface area contributed by atoms with Gasteiger partial charge in [0.15, 0.2) is 5.65 Å². The van der Waals surface area contributed by atoms with Crippen molar-refractivity contribution in [3.8, 4) is 34.4 Å². The molecule has 0 aliphatic heterocycles. The monoisotopic (exact) mass is 433 g/mol. The molecule has 0 aliphatic rings. The Balaban J connectivity index is 1.51. The molecule has 5 aromatic rings. The fourth-order valence-corrected chi connectivity index (χ4v) is 4.09. The topological polar surface area (TPSA) is 85.2 Å². The lowest BCUT2D eigenvalue weighted by Gasteiger charge is -2.10. The Hall–Kier alpha value is -4.31. The van der Waals surface area contributed by atoms with E-state index in [1.807, 2.05) is 32.0 Å². The summed E-state index contributed by atoms with van der Waals surface area (Å²) in [4.78, 5) is 9.66. The minimum absolute atomic E-state index is 0.582. The zero-order chi connectivity index (χ0) is 22.8. The average Bonchev–Trinajstić information content (AvgIpc) is 3.48. The van der Waals surface area contributed by atoms with E-state index in [1.165, 1.54) is 5.56 Å². The van der Waals surface area contributed by atoms with Crippen LogP contribution in [-0.2, 0) is 13.0 Å². The minimum Gasteiger partial charge on any atom is -0.307 e. The molecule has 0 bridgehead atoms. The Bertz CT molecular complexity index is 1480. The lowest BCUT2D eigenvalue weighted by Crippen LogP contribution is -2.06. The maximum Gasteiger partial charge on any atom is 0.205 e. The van der Waals surface area contributed by atoms with Crippen LogP contribution in [0.25, 0.3) is 33.7 Å². The molecule has 0 amide bonds. The van der Waals surface area contributed by atoms with Crippen molar-refractivity contribution >= 4 is 11.2 Å². The summed E-state index contributed by atoms with van der Waals surface area (Å²) in [5, 5.41) is 14.5. The molecule has 5 rings (SSSR count). The maximum atomic E-state index is 4.87. The molecular weight excluding hydrogens is 410 g/mol. The predicted molar refractivity (Wildman–Crippen MR) is 128 cm³/mol. The van der Waals surface area contributed by atoms with Crippen LogP contribution in [0.1, 0.15) is 29.6 Å². The zero-order valence-corrected chi connectivity index (χ0v) is 18.8. The highest BCUT2D eigenvalue weighted by molar-refractivity contribution is 5.80. The molecule has 7 nitrogen and oxygen atoms in total. The summed E-state index contributed by atoms with van der Waals surface area (Å²) in [5.41, 5.74) is 8.24. The third-order valence-corrected chi connectivity index (χ3v) is 5.64. The van der Waals surface area contributed by atoms with Gasteiger partial charge in [-0.05, 0) is 54.3 Å². The van der Waals surface area contributed by atoms with Gasteiger partial charge in [0.1, 0.15) is 11.3 Å². The first-order valence-corrected chi connectivity index (χ1v) is 10.8. The summed E-state index contributed by atoms with van der Waals surface area (Å²) < 4.78 is 2.18. The number of hydrogen-bond donors (Lipinski definition) is 1. The van der Waals surface area contributed by atoms with Crippen molar-refractivity contribution in [1.82, 2.24) is 35.2 Å². The minimum atomic E-state index is 0.582. The van der Waals surface area contributed by atoms with Crippen molar-refractivity contribution in [2.75, 3.05) is 0 Å². The van der Waals surface area contributed by atoms with Crippen LogP contribution >= 0.6 is 0 Å². The molecule has 0 unspecified atom stereocenters. The van der Waals surface area contributed by atoms with Crippen molar-refractivity contribution in [3.05, 3.63) is 77.2 Å². The number of nitrogens with one attached hydrogen (secondary N) is 1. The Kier molecular flexibility index (Phi) is 5.41. The summed E-state index contributed by atoms with van der Waals surface area (Å²) in [6.45, 7) is 6.64. The highest BCUT2D eigenvalue weighted by atomic mass is 15.5. The number of tetrazole rings is 1. The van der Waals surface area contributed by atoms with Gasteiger partial charge in [-0.2, -0.15) is 5.21 Å². The van der Waals surface area contributed by atoms with Crippen LogP contribution in [-0.4, -0.2) is 35.2 Å². The molecule has 0 radical (unpaired) electrons. The average molecular weight is 434 g/mol. The Morgan fingerprint density at radius 3 is 2.48 bits per heavy atom. The lowest BCUT2D eigenvalue weighted by atomic mass is 9.98. The molecule has 162 valence electrons. The fraction of sp³-hybridized carbons (Fsp3) is 0.192. The Morgan fingerprint density at radius 2 is 1.76 bits per heavy atom. The number of nitrogens with zero attached hydrogens (tertiary/aromatic N) is 6. The summed E-state index contributed by atoms with van der Waals surface area (Å²) in [5.74, 6) is 7.65. The molecule has 3 heterocycles. The van der Waals surface area contributed by atoms with E-state index in [4.69, 9.17) is 9.97 Å². The van der Waals surface area contributed by atoms with Crippen molar-refractivity contribution < 1.29 is 0 Å². The SMILES string of the molecule is CC#CCc1nc2c(C)cc(C)nc2n1Cc1ccc(-c2ccccc2-c2nn[nH]n2)cc1. The van der Waals surface area contributed by atoms with E-state index in [9.17, 15) is 0 Å². The van der Waals surface area contributed by atoms with Crippen LogP contribution in [0, 0.1) is 25.7 Å². The van der Waals surface area contributed by atoms with Gasteiger partial charge in [0.05, 0.1) is 13.0 Å². The molecule has 33 heavy (non-hydrogen) atoms. The Labute approximate surface area is 191 Å². The van der Waals surface area contributed by atoms with Gasteiger partial charge in [0, 0.05) is 11.3 Å². The molecule has 0 spiro atoms. The predicted octanol–water partition coefficient (Wildman–Crippen LogP) is 4.51. The Morgan fingerprint density at radius 1 is 0.970 bits per heavy atom. The second-order valence-corrected chi connectivity index (χ2v) is 7.95. The van der Waals surface area contributed by atoms with E-state index >= 15 is 0 Å². The largest absolute Gasteiger partial charge is 0.307 e. The van der Waals surface area contributed by atoms with Gasteiger partial charge in [0.25, 0.3) is 0 Å². The molecule has 1 N–H and O–H groups in total. The number of hydrogen-bond acceptors (Lipinski definition) is 5. The standard InChI is InChI=1S/C26H23N7/c1-4-5-10-23-28-24-17(2)15-18(3)27-26(24)33(23)16-19-11-13-20(14-12-19)21-8-6-7-9-22(21)25-29-31-32-30-25/h6-9,11-15H,10,16H2,1-3H3,(H,29,30,31,32). The number of rotatable bonds is 5. The smallest absolute Gasteiger partial charge is 0.205 e. The van der Waals surface area contributed by atoms with Crippen LogP contribution in [0.5, 0.6) is 0 Å². The summed E-state index contributed by atoms with van der Waals surface area (Å²) >= 11 is 0. The molecular formula is C26H23N7. The molecule has 0 fully saturated rings. The molecule has 3 aromatic heterocycles. The van der Waals surface area contributed by atoms with Gasteiger partial charge in [0.2, 0.25) is 5.82 Å². The number of aromatic amines is 1. The van der Waals surface area contributed by atoms with Gasteiger partial charge in [-0.15, -0.1) is 16.1 Å². The van der Waals surface area contributed by atoms with Crippen LogP contribution in [0.3, 0.4) is 0 Å². The van der Waals surface area contributed by atoms with E-state index in [0.29, 0.717) is 18.8 Å². The van der Waals surface area contributed by atoms with E-state index < -0.39 is 0 Å². The van der Waals surface area contributed by atoms with E-state index in [-0.39, 0.29) is 0 Å². The summed E-state index contributed by atoms with van der Waals surface area (Å²) in [6.07, 6.45) is 0.599. The number of pyridine rings is 1. The number of H-pyrrole nitrogens is 1. The van der Waals surface area contributed by atoms with Crippen LogP contribution in [0.15, 0.2) is 54.6 Å². The third kappa shape index (κ3) is 3.99. The van der Waals surface area contributed by atoms with Crippen molar-refractivity contribution in [1.29, 1.82) is 0 Å². The fourth-order valence-electron chi connectivity index (χ4n) is 4.09. The highest BCUT2D eigenvalue weighted by Crippen LogP contribution is 2.30. The number of aromatic nitrogens is 7. The van der Waals surface area contributed by atoms with E-state index in [2.05, 4.69) is 80.4 Å². The quantitative estimate of drug-likeness (QED) is 0.412. The first kappa shape index (κ1) is 20.6. The summed E-state index contributed by atoms with van der Waals surface area (Å²) in [6, 6.07) is 18.7. The first-order valence-electron chi connectivity index (χ1n) is 10.8. The molecule has 2 aromatic carbocycles. The van der Waals surface area contributed by atoms with Crippen molar-refractivity contribution in [3.63, 3.8) is 0 Å². The number of benzene rings is 2. The van der Waals surface area contributed by atoms with Crippen LogP contribution in [0.4, 0.5) is 0 Å². The van der Waals surface area contributed by atoms with Gasteiger partial charge >= 0.3 is 0 Å². The van der Waals surface area contributed by atoms with Gasteiger partial charge in [-0.1, -0.05) is 54.5 Å². The molecule has 0 aliphatic carbocycles. The second-order valence-electron chi connectivity index (χ2n) is 7.95. The van der Waals surface area contributed by atoms with Gasteiger partial charge < -0.3 is 4.57 Å². The van der Waals surface area contributed by atoms with Crippen molar-refractivity contribution in [2.45, 2.75) is 33.7 Å². The maximum absolute atomic E-state index is 4.87. The number of aryl methyl sites for hydroxylation is 2. The lowest BCUT2D eigenvalue weighted by molar-refractivity contribution is 0.762. The summed E-state index contributed by atoms with van der Waals surface area (Å²) in [7, 11) is 0. The normalized spacial score (nSPS) is 10.9. The first-order chi connectivity index (χ1) is 16.1.